The number of ether oxygens (including phenoxy) is 1. The van der Waals surface area contributed by atoms with Gasteiger partial charge >= 0.3 is 5.97 Å². The molecule has 0 rings (SSSR count). The van der Waals surface area contributed by atoms with Crippen LogP contribution < -0.4 is 5.32 Å². The minimum Gasteiger partial charge on any atom is -0.462 e. The summed E-state index contributed by atoms with van der Waals surface area (Å²) in [6.07, 6.45) is 56.7. The second-order valence-electron chi connectivity index (χ2n) is 18.6. The van der Waals surface area contributed by atoms with Crippen molar-refractivity contribution in [3.05, 3.63) is 24.3 Å². The molecular formula is C55H105NO5. The van der Waals surface area contributed by atoms with Crippen LogP contribution in [0.15, 0.2) is 24.3 Å². The standard InChI is InChI=1S/C55H105NO5/c1-4-7-10-13-16-19-22-24-26-28-30-33-35-38-41-44-47-53(58)52(50-57)56-54(59)49-51(61-55(60)48-45-42-39-36-31-21-18-15-12-9-6-3)46-43-40-37-34-32-29-27-25-23-20-17-14-11-8-5-2/h15,18,25,27,51-53,57-58H,4-14,16-17,19-24,26,28-50H2,1-3H3,(H,56,59)/b18-15-,27-25+. The topological polar surface area (TPSA) is 95.9 Å². The van der Waals surface area contributed by atoms with E-state index in [2.05, 4.69) is 50.4 Å². The molecule has 0 aliphatic rings. The maximum Gasteiger partial charge on any atom is 0.306 e. The van der Waals surface area contributed by atoms with Crippen LogP contribution in [-0.4, -0.2) is 46.9 Å². The molecule has 6 nitrogen and oxygen atoms in total. The summed E-state index contributed by atoms with van der Waals surface area (Å²) in [5, 5.41) is 23.8. The van der Waals surface area contributed by atoms with Gasteiger partial charge in [-0.25, -0.2) is 0 Å². The van der Waals surface area contributed by atoms with Gasteiger partial charge in [0.2, 0.25) is 5.91 Å². The van der Waals surface area contributed by atoms with Crippen LogP contribution >= 0.6 is 0 Å². The molecule has 360 valence electrons. The van der Waals surface area contributed by atoms with Gasteiger partial charge in [0.1, 0.15) is 6.10 Å². The van der Waals surface area contributed by atoms with Gasteiger partial charge in [0.25, 0.3) is 0 Å². The minimum absolute atomic E-state index is 0.0726. The minimum atomic E-state index is -0.788. The third-order valence-electron chi connectivity index (χ3n) is 12.5. The predicted molar refractivity (Wildman–Crippen MR) is 264 cm³/mol. The van der Waals surface area contributed by atoms with Gasteiger partial charge in [-0.2, -0.15) is 0 Å². The average molecular weight is 860 g/mol. The Hall–Kier alpha value is -1.66. The summed E-state index contributed by atoms with van der Waals surface area (Å²) in [7, 11) is 0. The van der Waals surface area contributed by atoms with Crippen LogP contribution in [0.2, 0.25) is 0 Å². The Morgan fingerprint density at radius 3 is 1.21 bits per heavy atom. The Bertz CT molecular complexity index is 966. The average Bonchev–Trinajstić information content (AvgIpc) is 3.25. The first kappa shape index (κ1) is 59.3. The molecule has 0 bridgehead atoms. The van der Waals surface area contributed by atoms with Crippen LogP contribution in [0.3, 0.4) is 0 Å². The summed E-state index contributed by atoms with van der Waals surface area (Å²) in [5.41, 5.74) is 0. The molecule has 0 saturated carbocycles. The van der Waals surface area contributed by atoms with Gasteiger partial charge in [0.15, 0.2) is 0 Å². The molecular weight excluding hydrogens is 755 g/mol. The number of aliphatic hydroxyl groups is 2. The smallest absolute Gasteiger partial charge is 0.306 e. The number of allylic oxidation sites excluding steroid dienone is 4. The predicted octanol–water partition coefficient (Wildman–Crippen LogP) is 16.3. The summed E-state index contributed by atoms with van der Waals surface area (Å²) in [4.78, 5) is 26.1. The fourth-order valence-corrected chi connectivity index (χ4v) is 8.35. The third-order valence-corrected chi connectivity index (χ3v) is 12.5. The maximum atomic E-state index is 13.2. The van der Waals surface area contributed by atoms with Gasteiger partial charge < -0.3 is 20.3 Å². The van der Waals surface area contributed by atoms with Crippen molar-refractivity contribution in [3.63, 3.8) is 0 Å². The molecule has 3 unspecified atom stereocenters. The van der Waals surface area contributed by atoms with Gasteiger partial charge in [0.05, 0.1) is 25.2 Å². The zero-order valence-electron chi connectivity index (χ0n) is 41.1. The number of carbonyl (C=O) groups excluding carboxylic acids is 2. The second kappa shape index (κ2) is 49.4. The van der Waals surface area contributed by atoms with E-state index in [-0.39, 0.29) is 24.9 Å². The van der Waals surface area contributed by atoms with Gasteiger partial charge in [-0.1, -0.05) is 231 Å². The molecule has 0 spiro atoms. The maximum absolute atomic E-state index is 13.2. The quantitative estimate of drug-likeness (QED) is 0.0322. The first-order chi connectivity index (χ1) is 30.0. The molecule has 3 atom stereocenters. The van der Waals surface area contributed by atoms with E-state index in [4.69, 9.17) is 4.74 Å². The molecule has 3 N–H and O–H groups in total. The monoisotopic (exact) mass is 860 g/mol. The molecule has 0 aromatic rings. The van der Waals surface area contributed by atoms with E-state index in [9.17, 15) is 19.8 Å². The van der Waals surface area contributed by atoms with E-state index in [0.717, 1.165) is 64.2 Å². The summed E-state index contributed by atoms with van der Waals surface area (Å²) >= 11 is 0. The number of nitrogens with one attached hydrogen (secondary N) is 1. The molecule has 0 aliphatic heterocycles. The second-order valence-corrected chi connectivity index (χ2v) is 18.6. The van der Waals surface area contributed by atoms with Crippen molar-refractivity contribution in [1.29, 1.82) is 0 Å². The number of hydrogen-bond acceptors (Lipinski definition) is 5. The van der Waals surface area contributed by atoms with Crippen LogP contribution in [0.4, 0.5) is 0 Å². The first-order valence-corrected chi connectivity index (χ1v) is 27.1. The van der Waals surface area contributed by atoms with E-state index in [1.165, 1.54) is 180 Å². The molecule has 0 aromatic carbocycles. The normalized spacial score (nSPS) is 13.3. The lowest BCUT2D eigenvalue weighted by atomic mass is 10.0. The lowest BCUT2D eigenvalue weighted by Crippen LogP contribution is -2.46. The summed E-state index contributed by atoms with van der Waals surface area (Å²) in [6.45, 7) is 6.46. The van der Waals surface area contributed by atoms with Crippen molar-refractivity contribution in [2.45, 2.75) is 309 Å². The summed E-state index contributed by atoms with van der Waals surface area (Å²) in [6, 6.07) is -0.702. The van der Waals surface area contributed by atoms with Crippen LogP contribution in [0.5, 0.6) is 0 Å². The highest BCUT2D eigenvalue weighted by atomic mass is 16.5. The Morgan fingerprint density at radius 2 is 0.803 bits per heavy atom. The zero-order valence-corrected chi connectivity index (χ0v) is 41.1. The largest absolute Gasteiger partial charge is 0.462 e. The first-order valence-electron chi connectivity index (χ1n) is 27.1. The van der Waals surface area contributed by atoms with Crippen LogP contribution in [0.25, 0.3) is 0 Å². The lowest BCUT2D eigenvalue weighted by molar-refractivity contribution is -0.151. The number of aliphatic hydroxyl groups excluding tert-OH is 2. The molecule has 1 amide bonds. The SMILES string of the molecule is CCCC/C=C\CCCCCCCC(=O)OC(CCCCCCC/C=C/CCCCCCCC)CC(=O)NC(CO)C(O)CCCCCCCCCCCCCCCCCC. The van der Waals surface area contributed by atoms with E-state index >= 15 is 0 Å². The molecule has 0 fully saturated rings. The zero-order chi connectivity index (χ0) is 44.5. The molecule has 0 radical (unpaired) electrons. The van der Waals surface area contributed by atoms with Gasteiger partial charge in [-0.05, 0) is 70.6 Å². The highest BCUT2D eigenvalue weighted by molar-refractivity contribution is 5.77. The Balaban J connectivity index is 4.52. The number of esters is 1. The van der Waals surface area contributed by atoms with E-state index in [1.54, 1.807) is 0 Å². The van der Waals surface area contributed by atoms with Crippen LogP contribution in [0, 0.1) is 0 Å². The number of unbranched alkanes of at least 4 members (excludes halogenated alkanes) is 33. The molecule has 61 heavy (non-hydrogen) atoms. The van der Waals surface area contributed by atoms with E-state index in [0.29, 0.717) is 19.3 Å². The Kier molecular flexibility index (Phi) is 48.0. The van der Waals surface area contributed by atoms with E-state index < -0.39 is 18.2 Å². The number of amides is 1. The van der Waals surface area contributed by atoms with Crippen molar-refractivity contribution in [3.8, 4) is 0 Å². The van der Waals surface area contributed by atoms with E-state index in [1.807, 2.05) is 0 Å². The van der Waals surface area contributed by atoms with Crippen molar-refractivity contribution in [2.24, 2.45) is 0 Å². The fraction of sp³-hybridized carbons (Fsp3) is 0.891. The van der Waals surface area contributed by atoms with Gasteiger partial charge in [-0.3, -0.25) is 9.59 Å². The molecule has 0 aromatic heterocycles. The van der Waals surface area contributed by atoms with Gasteiger partial charge in [0, 0.05) is 6.42 Å². The highest BCUT2D eigenvalue weighted by Gasteiger charge is 2.24. The molecule has 0 heterocycles. The van der Waals surface area contributed by atoms with Crippen LogP contribution in [-0.2, 0) is 14.3 Å². The molecule has 0 saturated heterocycles. The van der Waals surface area contributed by atoms with Gasteiger partial charge in [-0.15, -0.1) is 0 Å². The number of carbonyl (C=O) groups is 2. The lowest BCUT2D eigenvalue weighted by Gasteiger charge is -2.24. The van der Waals surface area contributed by atoms with Crippen molar-refractivity contribution in [2.75, 3.05) is 6.61 Å². The van der Waals surface area contributed by atoms with Crippen LogP contribution in [0.1, 0.15) is 290 Å². The Morgan fingerprint density at radius 1 is 0.459 bits per heavy atom. The fourth-order valence-electron chi connectivity index (χ4n) is 8.35. The number of rotatable bonds is 49. The van der Waals surface area contributed by atoms with Crippen molar-refractivity contribution in [1.82, 2.24) is 5.32 Å². The summed E-state index contributed by atoms with van der Waals surface area (Å²) < 4.78 is 5.93. The molecule has 6 heteroatoms. The third kappa shape index (κ3) is 44.7. The Labute approximate surface area is 380 Å². The summed E-state index contributed by atoms with van der Waals surface area (Å²) in [5.74, 6) is -0.481. The number of hydrogen-bond donors (Lipinski definition) is 3. The highest BCUT2D eigenvalue weighted by Crippen LogP contribution is 2.18. The molecule has 0 aliphatic carbocycles. The van der Waals surface area contributed by atoms with Crippen molar-refractivity contribution >= 4 is 11.9 Å². The van der Waals surface area contributed by atoms with Crippen molar-refractivity contribution < 1.29 is 24.5 Å².